The number of fused-ring (bicyclic) bond motifs is 1. The smallest absolute Gasteiger partial charge is 0.209 e. The molecule has 7 heteroatoms. The van der Waals surface area contributed by atoms with E-state index in [4.69, 9.17) is 0 Å². The van der Waals surface area contributed by atoms with E-state index in [-0.39, 0.29) is 0 Å². The Hall–Kier alpha value is -2.51. The molecule has 1 saturated heterocycles. The second-order valence-electron chi connectivity index (χ2n) is 6.49. The number of amides is 1. The SMILES string of the molecule is Cc1c(CN2CCN(C=O)CC2)cccc1Nc1nc2ccncc2s1. The molecule has 0 saturated carbocycles. The van der Waals surface area contributed by atoms with Crippen molar-refractivity contribution in [3.05, 3.63) is 47.8 Å². The third-order valence-corrected chi connectivity index (χ3v) is 5.75. The number of benzene rings is 1. The number of hydrogen-bond donors (Lipinski definition) is 1. The van der Waals surface area contributed by atoms with Crippen LogP contribution < -0.4 is 5.32 Å². The molecule has 1 aliphatic heterocycles. The lowest BCUT2D eigenvalue weighted by atomic mass is 10.1. The number of nitrogens with zero attached hydrogens (tertiary/aromatic N) is 4. The van der Waals surface area contributed by atoms with Gasteiger partial charge in [-0.3, -0.25) is 14.7 Å². The molecule has 0 aliphatic carbocycles. The van der Waals surface area contributed by atoms with Crippen LogP contribution in [0.3, 0.4) is 0 Å². The number of rotatable bonds is 5. The van der Waals surface area contributed by atoms with Gasteiger partial charge in [0.05, 0.1) is 10.2 Å². The Labute approximate surface area is 156 Å². The van der Waals surface area contributed by atoms with Crippen LogP contribution in [0.2, 0.25) is 0 Å². The topological polar surface area (TPSA) is 61.4 Å². The molecule has 1 aliphatic rings. The molecular weight excluding hydrogens is 346 g/mol. The van der Waals surface area contributed by atoms with Gasteiger partial charge in [0.1, 0.15) is 0 Å². The second kappa shape index (κ2) is 7.39. The van der Waals surface area contributed by atoms with Gasteiger partial charge in [-0.05, 0) is 30.2 Å². The summed E-state index contributed by atoms with van der Waals surface area (Å²) in [5, 5.41) is 4.34. The lowest BCUT2D eigenvalue weighted by Gasteiger charge is -2.32. The molecule has 3 heterocycles. The first-order valence-corrected chi connectivity index (χ1v) is 9.52. The summed E-state index contributed by atoms with van der Waals surface area (Å²) in [6.45, 7) is 6.49. The van der Waals surface area contributed by atoms with Gasteiger partial charge >= 0.3 is 0 Å². The number of nitrogens with one attached hydrogen (secondary N) is 1. The summed E-state index contributed by atoms with van der Waals surface area (Å²) in [6.07, 6.45) is 4.56. The number of aromatic nitrogens is 2. The molecule has 1 fully saturated rings. The average Bonchev–Trinajstić information content (AvgIpc) is 3.08. The van der Waals surface area contributed by atoms with E-state index in [9.17, 15) is 4.79 Å². The normalized spacial score (nSPS) is 15.3. The molecule has 134 valence electrons. The summed E-state index contributed by atoms with van der Waals surface area (Å²) in [7, 11) is 0. The molecule has 1 aromatic carbocycles. The van der Waals surface area contributed by atoms with Crippen molar-refractivity contribution in [1.29, 1.82) is 0 Å². The van der Waals surface area contributed by atoms with Gasteiger partial charge in [-0.15, -0.1) is 0 Å². The van der Waals surface area contributed by atoms with Crippen molar-refractivity contribution in [3.63, 3.8) is 0 Å². The minimum Gasteiger partial charge on any atom is -0.343 e. The van der Waals surface area contributed by atoms with E-state index in [1.54, 1.807) is 17.5 Å². The van der Waals surface area contributed by atoms with E-state index in [0.29, 0.717) is 0 Å². The lowest BCUT2D eigenvalue weighted by Crippen LogP contribution is -2.45. The fourth-order valence-electron chi connectivity index (χ4n) is 3.21. The average molecular weight is 367 g/mol. The fourth-order valence-corrected chi connectivity index (χ4v) is 4.05. The zero-order valence-corrected chi connectivity index (χ0v) is 15.5. The molecule has 6 nitrogen and oxygen atoms in total. The maximum Gasteiger partial charge on any atom is 0.209 e. The summed E-state index contributed by atoms with van der Waals surface area (Å²) >= 11 is 1.61. The molecule has 26 heavy (non-hydrogen) atoms. The highest BCUT2D eigenvalue weighted by Crippen LogP contribution is 2.30. The van der Waals surface area contributed by atoms with Gasteiger partial charge in [-0.1, -0.05) is 23.5 Å². The maximum absolute atomic E-state index is 10.9. The lowest BCUT2D eigenvalue weighted by molar-refractivity contribution is -0.119. The Bertz CT molecular complexity index is 884. The van der Waals surface area contributed by atoms with Crippen molar-refractivity contribution in [2.75, 3.05) is 31.5 Å². The van der Waals surface area contributed by atoms with Gasteiger partial charge in [0.25, 0.3) is 0 Å². The van der Waals surface area contributed by atoms with Crippen molar-refractivity contribution >= 4 is 38.8 Å². The molecule has 0 unspecified atom stereocenters. The molecule has 0 bridgehead atoms. The van der Waals surface area contributed by atoms with Crippen molar-refractivity contribution in [3.8, 4) is 0 Å². The highest BCUT2D eigenvalue weighted by atomic mass is 32.1. The Kier molecular flexibility index (Phi) is 4.81. The van der Waals surface area contributed by atoms with Crippen molar-refractivity contribution in [2.24, 2.45) is 0 Å². The van der Waals surface area contributed by atoms with Crippen molar-refractivity contribution in [2.45, 2.75) is 13.5 Å². The van der Waals surface area contributed by atoms with Crippen LogP contribution in [0.5, 0.6) is 0 Å². The van der Waals surface area contributed by atoms with Gasteiger partial charge in [-0.25, -0.2) is 4.98 Å². The first kappa shape index (κ1) is 16.9. The molecule has 0 atom stereocenters. The summed E-state index contributed by atoms with van der Waals surface area (Å²) in [6, 6.07) is 8.28. The van der Waals surface area contributed by atoms with Crippen LogP contribution in [0, 0.1) is 6.92 Å². The van der Waals surface area contributed by atoms with E-state index in [2.05, 4.69) is 45.3 Å². The monoisotopic (exact) mass is 367 g/mol. The molecule has 2 aromatic heterocycles. The fraction of sp³-hybridized carbons (Fsp3) is 0.316. The number of carbonyl (C=O) groups is 1. The zero-order chi connectivity index (χ0) is 17.9. The summed E-state index contributed by atoms with van der Waals surface area (Å²) in [4.78, 5) is 23.9. The van der Waals surface area contributed by atoms with E-state index >= 15 is 0 Å². The number of thiazole rings is 1. The van der Waals surface area contributed by atoms with Gasteiger partial charge in [0.2, 0.25) is 6.41 Å². The van der Waals surface area contributed by atoms with Gasteiger partial charge in [0.15, 0.2) is 5.13 Å². The van der Waals surface area contributed by atoms with Crippen LogP contribution in [-0.2, 0) is 11.3 Å². The molecule has 3 aromatic rings. The number of anilines is 2. The number of pyridine rings is 1. The minimum atomic E-state index is 0.806. The van der Waals surface area contributed by atoms with E-state index in [0.717, 1.165) is 60.2 Å². The maximum atomic E-state index is 10.9. The number of hydrogen-bond acceptors (Lipinski definition) is 6. The van der Waals surface area contributed by atoms with Crippen LogP contribution in [0.15, 0.2) is 36.7 Å². The Morgan fingerprint density at radius 1 is 1.23 bits per heavy atom. The van der Waals surface area contributed by atoms with Crippen LogP contribution >= 0.6 is 11.3 Å². The van der Waals surface area contributed by atoms with E-state index in [1.165, 1.54) is 11.1 Å². The first-order chi connectivity index (χ1) is 12.7. The third kappa shape index (κ3) is 3.54. The highest BCUT2D eigenvalue weighted by molar-refractivity contribution is 7.22. The third-order valence-electron chi connectivity index (χ3n) is 4.83. The predicted molar refractivity (Wildman–Crippen MR) is 105 cm³/mol. The largest absolute Gasteiger partial charge is 0.343 e. The molecule has 1 amide bonds. The minimum absolute atomic E-state index is 0.806. The molecule has 4 rings (SSSR count). The Balaban J connectivity index is 1.49. The Morgan fingerprint density at radius 2 is 2.08 bits per heavy atom. The Morgan fingerprint density at radius 3 is 2.85 bits per heavy atom. The van der Waals surface area contributed by atoms with Crippen molar-refractivity contribution < 1.29 is 4.79 Å². The van der Waals surface area contributed by atoms with E-state index < -0.39 is 0 Å². The number of piperazine rings is 1. The highest BCUT2D eigenvalue weighted by Gasteiger charge is 2.17. The standard InChI is InChI=1S/C19H21N5OS/c1-14-15(12-23-7-9-24(13-25)10-8-23)3-2-4-16(14)21-19-22-17-5-6-20-11-18(17)26-19/h2-6,11,13H,7-10,12H2,1H3,(H,21,22). The summed E-state index contributed by atoms with van der Waals surface area (Å²) in [5.41, 5.74) is 4.59. The summed E-state index contributed by atoms with van der Waals surface area (Å²) in [5.74, 6) is 0. The van der Waals surface area contributed by atoms with Gasteiger partial charge in [-0.2, -0.15) is 0 Å². The first-order valence-electron chi connectivity index (χ1n) is 8.71. The van der Waals surface area contributed by atoms with Crippen LogP contribution in [0.25, 0.3) is 10.2 Å². The van der Waals surface area contributed by atoms with Crippen molar-refractivity contribution in [1.82, 2.24) is 19.8 Å². The second-order valence-corrected chi connectivity index (χ2v) is 7.53. The zero-order valence-electron chi connectivity index (χ0n) is 14.7. The molecule has 0 spiro atoms. The van der Waals surface area contributed by atoms with Gasteiger partial charge in [0, 0.05) is 50.8 Å². The predicted octanol–water partition coefficient (Wildman–Crippen LogP) is 3.02. The molecule has 1 N–H and O–H groups in total. The molecule has 0 radical (unpaired) electrons. The van der Waals surface area contributed by atoms with Crippen LogP contribution in [0.1, 0.15) is 11.1 Å². The number of carbonyl (C=O) groups excluding carboxylic acids is 1. The van der Waals surface area contributed by atoms with Gasteiger partial charge < -0.3 is 10.2 Å². The van der Waals surface area contributed by atoms with E-state index in [1.807, 2.05) is 17.2 Å². The van der Waals surface area contributed by atoms with Crippen LogP contribution in [-0.4, -0.2) is 52.4 Å². The van der Waals surface area contributed by atoms with Crippen LogP contribution in [0.4, 0.5) is 10.8 Å². The quantitative estimate of drug-likeness (QED) is 0.703. The molecular formula is C19H21N5OS. The summed E-state index contributed by atoms with van der Waals surface area (Å²) < 4.78 is 1.08.